The molecule has 0 amide bonds. The van der Waals surface area contributed by atoms with Gasteiger partial charge in [0.05, 0.1) is 19.8 Å². The van der Waals surface area contributed by atoms with Crippen molar-refractivity contribution in [1.82, 2.24) is 15.1 Å². The summed E-state index contributed by atoms with van der Waals surface area (Å²) in [5, 5.41) is 3.55. The van der Waals surface area contributed by atoms with Crippen LogP contribution in [-0.2, 0) is 9.47 Å². The lowest BCUT2D eigenvalue weighted by Gasteiger charge is -2.33. The van der Waals surface area contributed by atoms with E-state index in [1.807, 2.05) is 7.05 Å². The molecule has 0 aromatic heterocycles. The fourth-order valence-electron chi connectivity index (χ4n) is 4.02. The third kappa shape index (κ3) is 7.41. The molecule has 2 heterocycles. The smallest absolute Gasteiger partial charge is 0.193 e. The maximum Gasteiger partial charge on any atom is 0.193 e. The van der Waals surface area contributed by atoms with Crippen molar-refractivity contribution in [3.8, 4) is 0 Å². The van der Waals surface area contributed by atoms with Crippen molar-refractivity contribution in [1.29, 1.82) is 0 Å². The first-order chi connectivity index (χ1) is 12.7. The minimum atomic E-state index is 0.603. The highest BCUT2D eigenvalue weighted by Gasteiger charge is 2.24. The molecule has 2 atom stereocenters. The Morgan fingerprint density at radius 2 is 2.04 bits per heavy atom. The molecule has 0 aliphatic carbocycles. The number of piperidine rings is 1. The van der Waals surface area contributed by atoms with Crippen LogP contribution in [0.4, 0.5) is 0 Å². The van der Waals surface area contributed by atoms with Gasteiger partial charge in [0.15, 0.2) is 5.96 Å². The quantitative estimate of drug-likeness (QED) is 0.364. The molecule has 2 fully saturated rings. The minimum Gasteiger partial charge on any atom is -0.382 e. The van der Waals surface area contributed by atoms with Gasteiger partial charge in [0.1, 0.15) is 0 Å². The van der Waals surface area contributed by atoms with Crippen LogP contribution < -0.4 is 5.32 Å². The molecule has 0 radical (unpaired) electrons. The number of methoxy groups -OCH3 is 1. The Morgan fingerprint density at radius 1 is 1.15 bits per heavy atom. The van der Waals surface area contributed by atoms with Crippen molar-refractivity contribution in [3.05, 3.63) is 0 Å². The first-order valence-electron chi connectivity index (χ1n) is 10.5. The molecule has 6 heteroatoms. The molecular formula is C20H40N4O2. The van der Waals surface area contributed by atoms with Gasteiger partial charge in [-0.3, -0.25) is 4.99 Å². The van der Waals surface area contributed by atoms with Crippen molar-refractivity contribution in [2.75, 3.05) is 66.7 Å². The Bertz CT molecular complexity index is 405. The zero-order valence-electron chi connectivity index (χ0n) is 17.2. The lowest BCUT2D eigenvalue weighted by atomic mass is 10.0. The van der Waals surface area contributed by atoms with Crippen LogP contribution in [0, 0.1) is 5.92 Å². The van der Waals surface area contributed by atoms with Crippen molar-refractivity contribution < 1.29 is 9.47 Å². The van der Waals surface area contributed by atoms with Crippen molar-refractivity contribution >= 4 is 5.96 Å². The minimum absolute atomic E-state index is 0.603. The summed E-state index contributed by atoms with van der Waals surface area (Å²) in [6, 6.07) is 0.775. The second-order valence-electron chi connectivity index (χ2n) is 7.73. The van der Waals surface area contributed by atoms with Gasteiger partial charge in [0.25, 0.3) is 0 Å². The summed E-state index contributed by atoms with van der Waals surface area (Å²) in [6.07, 6.45) is 7.81. The van der Waals surface area contributed by atoms with Gasteiger partial charge in [0, 0.05) is 45.8 Å². The second-order valence-corrected chi connectivity index (χ2v) is 7.73. The van der Waals surface area contributed by atoms with E-state index in [2.05, 4.69) is 27.0 Å². The van der Waals surface area contributed by atoms with Crippen molar-refractivity contribution in [2.45, 2.75) is 51.5 Å². The fraction of sp³-hybridized carbons (Fsp3) is 0.950. The van der Waals surface area contributed by atoms with Gasteiger partial charge in [-0.2, -0.15) is 0 Å². The molecule has 152 valence electrons. The van der Waals surface area contributed by atoms with Crippen LogP contribution in [0.5, 0.6) is 0 Å². The van der Waals surface area contributed by atoms with Gasteiger partial charge in [-0.05, 0) is 52.1 Å². The Morgan fingerprint density at radius 3 is 2.81 bits per heavy atom. The normalized spacial score (nSPS) is 25.0. The van der Waals surface area contributed by atoms with E-state index in [9.17, 15) is 0 Å². The number of unbranched alkanes of at least 4 members (excludes halogenated alkanes) is 1. The third-order valence-electron chi connectivity index (χ3n) is 5.68. The summed E-state index contributed by atoms with van der Waals surface area (Å²) in [6.45, 7) is 10.2. The SMILES string of the molecule is CN=C(NCCCCN1CCCCC1C)N1CCC(COCCOC)C1. The van der Waals surface area contributed by atoms with E-state index >= 15 is 0 Å². The molecule has 0 saturated carbocycles. The Labute approximate surface area is 160 Å². The Hall–Kier alpha value is -0.850. The first-order valence-corrected chi connectivity index (χ1v) is 10.5. The number of nitrogens with zero attached hydrogens (tertiary/aromatic N) is 3. The average Bonchev–Trinajstić information content (AvgIpc) is 3.12. The average molecular weight is 369 g/mol. The molecule has 1 N–H and O–H groups in total. The number of hydrogen-bond acceptors (Lipinski definition) is 4. The predicted octanol–water partition coefficient (Wildman–Crippen LogP) is 2.20. The molecule has 0 bridgehead atoms. The van der Waals surface area contributed by atoms with Crippen LogP contribution in [0.3, 0.4) is 0 Å². The molecule has 0 aromatic carbocycles. The van der Waals surface area contributed by atoms with Crippen LogP contribution in [0.1, 0.15) is 45.4 Å². The molecule has 0 spiro atoms. The van der Waals surface area contributed by atoms with Gasteiger partial charge < -0.3 is 24.6 Å². The topological polar surface area (TPSA) is 49.3 Å². The van der Waals surface area contributed by atoms with Crippen LogP contribution in [0.25, 0.3) is 0 Å². The van der Waals surface area contributed by atoms with Crippen LogP contribution in [-0.4, -0.2) is 88.5 Å². The third-order valence-corrected chi connectivity index (χ3v) is 5.68. The first kappa shape index (κ1) is 21.5. The number of nitrogens with one attached hydrogen (secondary N) is 1. The lowest BCUT2D eigenvalue weighted by Crippen LogP contribution is -2.41. The maximum atomic E-state index is 5.68. The van der Waals surface area contributed by atoms with Gasteiger partial charge in [-0.15, -0.1) is 0 Å². The number of likely N-dealkylation sites (tertiary alicyclic amines) is 2. The summed E-state index contributed by atoms with van der Waals surface area (Å²) in [4.78, 5) is 9.51. The van der Waals surface area contributed by atoms with Gasteiger partial charge >= 0.3 is 0 Å². The summed E-state index contributed by atoms with van der Waals surface area (Å²) in [7, 11) is 3.60. The Balaban J connectivity index is 1.56. The molecule has 26 heavy (non-hydrogen) atoms. The number of guanidine groups is 1. The molecular weight excluding hydrogens is 328 g/mol. The van der Waals surface area contributed by atoms with Crippen molar-refractivity contribution in [2.24, 2.45) is 10.9 Å². The molecule has 0 aromatic rings. The lowest BCUT2D eigenvalue weighted by molar-refractivity contribution is 0.0536. The van der Waals surface area contributed by atoms with Crippen LogP contribution in [0.2, 0.25) is 0 Å². The number of rotatable bonds is 10. The number of aliphatic imine (C=N–C) groups is 1. The largest absolute Gasteiger partial charge is 0.382 e. The summed E-state index contributed by atoms with van der Waals surface area (Å²) < 4.78 is 10.7. The molecule has 2 rings (SSSR count). The van der Waals surface area contributed by atoms with Gasteiger partial charge in [-0.25, -0.2) is 0 Å². The van der Waals surface area contributed by atoms with E-state index in [1.165, 1.54) is 51.6 Å². The Kier molecular flexibility index (Phi) is 10.3. The molecule has 2 unspecified atom stereocenters. The van der Waals surface area contributed by atoms with Gasteiger partial charge in [-0.1, -0.05) is 6.42 Å². The van der Waals surface area contributed by atoms with E-state index < -0.39 is 0 Å². The number of ether oxygens (including phenoxy) is 2. The highest BCUT2D eigenvalue weighted by molar-refractivity contribution is 5.80. The molecule has 2 aliphatic rings. The summed E-state index contributed by atoms with van der Waals surface area (Å²) in [5.74, 6) is 1.65. The highest BCUT2D eigenvalue weighted by Crippen LogP contribution is 2.17. The predicted molar refractivity (Wildman–Crippen MR) is 108 cm³/mol. The van der Waals surface area contributed by atoms with E-state index in [-0.39, 0.29) is 0 Å². The zero-order chi connectivity index (χ0) is 18.6. The summed E-state index contributed by atoms with van der Waals surface area (Å²) in [5.41, 5.74) is 0. The van der Waals surface area contributed by atoms with Gasteiger partial charge in [0.2, 0.25) is 0 Å². The monoisotopic (exact) mass is 368 g/mol. The fourth-order valence-corrected chi connectivity index (χ4v) is 4.02. The van der Waals surface area contributed by atoms with Crippen LogP contribution in [0.15, 0.2) is 4.99 Å². The second kappa shape index (κ2) is 12.5. The van der Waals surface area contributed by atoms with E-state index in [0.29, 0.717) is 19.1 Å². The number of hydrogen-bond donors (Lipinski definition) is 1. The van der Waals surface area contributed by atoms with E-state index in [4.69, 9.17) is 9.47 Å². The van der Waals surface area contributed by atoms with Crippen molar-refractivity contribution in [3.63, 3.8) is 0 Å². The maximum absolute atomic E-state index is 5.68. The molecule has 2 aliphatic heterocycles. The zero-order valence-corrected chi connectivity index (χ0v) is 17.2. The molecule has 6 nitrogen and oxygen atoms in total. The highest BCUT2D eigenvalue weighted by atomic mass is 16.5. The van der Waals surface area contributed by atoms with E-state index in [0.717, 1.165) is 38.2 Å². The van der Waals surface area contributed by atoms with Crippen LogP contribution >= 0.6 is 0 Å². The van der Waals surface area contributed by atoms with E-state index in [1.54, 1.807) is 7.11 Å². The molecule has 2 saturated heterocycles. The summed E-state index contributed by atoms with van der Waals surface area (Å²) >= 11 is 0. The standard InChI is InChI=1S/C20H40N4O2/c1-18-8-4-6-11-23(18)12-7-5-10-22-20(21-2)24-13-9-19(16-24)17-26-15-14-25-3/h18-19H,4-17H2,1-3H3,(H,21,22).